The summed E-state index contributed by atoms with van der Waals surface area (Å²) in [6.45, 7) is 0. The number of aldehydes is 1. The van der Waals surface area contributed by atoms with Gasteiger partial charge in [-0.1, -0.05) is 0 Å². The Bertz CT molecular complexity index is 342. The number of hydrogen-bond donors (Lipinski definition) is 2. The number of rotatable bonds is 2. The highest BCUT2D eigenvalue weighted by atomic mass is 19.3. The number of nitrogens with two attached hydrogens (primary N) is 1. The molecule has 0 saturated heterocycles. The predicted octanol–water partition coefficient (Wildman–Crippen LogP) is 1.12. The van der Waals surface area contributed by atoms with E-state index in [4.69, 9.17) is 10.8 Å². The van der Waals surface area contributed by atoms with Crippen molar-refractivity contribution in [2.75, 3.05) is 5.73 Å². The van der Waals surface area contributed by atoms with E-state index in [9.17, 15) is 13.6 Å². The van der Waals surface area contributed by atoms with E-state index in [1.165, 1.54) is 0 Å². The van der Waals surface area contributed by atoms with Crippen molar-refractivity contribution in [3.63, 3.8) is 0 Å². The van der Waals surface area contributed by atoms with Crippen molar-refractivity contribution in [1.29, 1.82) is 0 Å². The fourth-order valence-corrected chi connectivity index (χ4v) is 0.869. The average Bonchev–Trinajstić information content (AvgIpc) is 2.04. The summed E-state index contributed by atoms with van der Waals surface area (Å²) in [6, 6.07) is 0. The van der Waals surface area contributed by atoms with Gasteiger partial charge in [-0.2, -0.15) is 0 Å². The van der Waals surface area contributed by atoms with E-state index in [0.717, 1.165) is 6.20 Å². The second-order valence-electron chi connectivity index (χ2n) is 2.27. The molecule has 1 aromatic rings. The van der Waals surface area contributed by atoms with Gasteiger partial charge in [0.05, 0.1) is 17.4 Å². The van der Waals surface area contributed by atoms with Crippen LogP contribution in [0, 0.1) is 0 Å². The van der Waals surface area contributed by atoms with Crippen LogP contribution in [0.1, 0.15) is 22.5 Å². The minimum Gasteiger partial charge on any atom is -0.506 e. The van der Waals surface area contributed by atoms with E-state index in [-0.39, 0.29) is 12.0 Å². The van der Waals surface area contributed by atoms with Crippen LogP contribution in [0.5, 0.6) is 5.75 Å². The van der Waals surface area contributed by atoms with Crippen LogP contribution >= 0.6 is 0 Å². The third-order valence-corrected chi connectivity index (χ3v) is 1.50. The van der Waals surface area contributed by atoms with Crippen molar-refractivity contribution < 1.29 is 18.7 Å². The molecule has 1 aromatic heterocycles. The Labute approximate surface area is 72.0 Å². The van der Waals surface area contributed by atoms with Crippen molar-refractivity contribution >= 4 is 12.0 Å². The number of alkyl halides is 2. The van der Waals surface area contributed by atoms with Crippen molar-refractivity contribution in [2.45, 2.75) is 6.43 Å². The average molecular weight is 188 g/mol. The lowest BCUT2D eigenvalue weighted by molar-refractivity contribution is 0.111. The summed E-state index contributed by atoms with van der Waals surface area (Å²) >= 11 is 0. The molecule has 0 bridgehead atoms. The molecule has 0 saturated carbocycles. The number of pyridine rings is 1. The van der Waals surface area contributed by atoms with Crippen LogP contribution in [0.4, 0.5) is 14.5 Å². The second-order valence-corrected chi connectivity index (χ2v) is 2.27. The first kappa shape index (κ1) is 9.37. The number of hydrogen-bond acceptors (Lipinski definition) is 4. The summed E-state index contributed by atoms with van der Waals surface area (Å²) in [6.07, 6.45) is -1.91. The molecule has 13 heavy (non-hydrogen) atoms. The molecular weight excluding hydrogens is 182 g/mol. The maximum absolute atomic E-state index is 12.2. The van der Waals surface area contributed by atoms with Crippen LogP contribution in [-0.2, 0) is 0 Å². The first-order chi connectivity index (χ1) is 6.07. The zero-order valence-electron chi connectivity index (χ0n) is 6.37. The number of halogens is 2. The van der Waals surface area contributed by atoms with Crippen LogP contribution in [0.15, 0.2) is 6.20 Å². The van der Waals surface area contributed by atoms with Crippen molar-refractivity contribution in [1.82, 2.24) is 4.98 Å². The summed E-state index contributed by atoms with van der Waals surface area (Å²) in [5.41, 5.74) is 3.63. The number of carbonyl (C=O) groups excluding carboxylic acids is 1. The third-order valence-electron chi connectivity index (χ3n) is 1.50. The number of nitrogens with zero attached hydrogens (tertiary/aromatic N) is 1. The fourth-order valence-electron chi connectivity index (χ4n) is 0.869. The van der Waals surface area contributed by atoms with Crippen LogP contribution in [0.2, 0.25) is 0 Å². The molecule has 0 unspecified atom stereocenters. The maximum atomic E-state index is 12.2. The van der Waals surface area contributed by atoms with E-state index < -0.39 is 23.4 Å². The number of aromatic hydroxyl groups is 1. The minimum atomic E-state index is -2.93. The fraction of sp³-hybridized carbons (Fsp3) is 0.143. The molecule has 0 aromatic carbocycles. The summed E-state index contributed by atoms with van der Waals surface area (Å²) in [5, 5.41) is 8.94. The van der Waals surface area contributed by atoms with Crippen molar-refractivity contribution in [3.05, 3.63) is 17.5 Å². The number of carbonyl (C=O) groups is 1. The first-order valence-corrected chi connectivity index (χ1v) is 3.28. The van der Waals surface area contributed by atoms with Crippen LogP contribution in [-0.4, -0.2) is 16.4 Å². The molecule has 6 heteroatoms. The van der Waals surface area contributed by atoms with Gasteiger partial charge in [0.25, 0.3) is 6.43 Å². The van der Waals surface area contributed by atoms with Gasteiger partial charge in [0, 0.05) is 0 Å². The van der Waals surface area contributed by atoms with E-state index in [1.807, 2.05) is 0 Å². The molecule has 1 rings (SSSR count). The highest BCUT2D eigenvalue weighted by Gasteiger charge is 2.19. The Morgan fingerprint density at radius 3 is 2.69 bits per heavy atom. The Morgan fingerprint density at radius 1 is 1.62 bits per heavy atom. The molecule has 0 fully saturated rings. The molecule has 0 aliphatic carbocycles. The molecule has 1 heterocycles. The second kappa shape index (κ2) is 3.34. The molecule has 4 nitrogen and oxygen atoms in total. The molecule has 0 atom stereocenters. The van der Waals surface area contributed by atoms with Crippen molar-refractivity contribution in [2.24, 2.45) is 0 Å². The van der Waals surface area contributed by atoms with Gasteiger partial charge < -0.3 is 10.8 Å². The zero-order valence-corrected chi connectivity index (χ0v) is 6.37. The largest absolute Gasteiger partial charge is 0.506 e. The molecule has 0 aliphatic rings. The van der Waals surface area contributed by atoms with Gasteiger partial charge in [0.15, 0.2) is 6.29 Å². The first-order valence-electron chi connectivity index (χ1n) is 3.28. The van der Waals surface area contributed by atoms with E-state index in [0.29, 0.717) is 0 Å². The quantitative estimate of drug-likeness (QED) is 0.682. The molecular formula is C7H6F2N2O2. The van der Waals surface area contributed by atoms with Gasteiger partial charge >= 0.3 is 0 Å². The van der Waals surface area contributed by atoms with Gasteiger partial charge in [0.2, 0.25) is 0 Å². The van der Waals surface area contributed by atoms with Crippen LogP contribution < -0.4 is 5.73 Å². The SMILES string of the molecule is Nc1c(C=O)ncc(O)c1C(F)F. The molecule has 0 amide bonds. The lowest BCUT2D eigenvalue weighted by Gasteiger charge is -2.07. The van der Waals surface area contributed by atoms with Gasteiger partial charge in [-0.05, 0) is 0 Å². The Kier molecular flexibility index (Phi) is 2.41. The summed E-state index contributed by atoms with van der Waals surface area (Å²) in [7, 11) is 0. The Morgan fingerprint density at radius 2 is 2.23 bits per heavy atom. The Hall–Kier alpha value is -1.72. The lowest BCUT2D eigenvalue weighted by Crippen LogP contribution is -2.02. The lowest BCUT2D eigenvalue weighted by atomic mass is 10.2. The third kappa shape index (κ3) is 1.56. The number of aromatic nitrogens is 1. The monoisotopic (exact) mass is 188 g/mol. The maximum Gasteiger partial charge on any atom is 0.269 e. The summed E-state index contributed by atoms with van der Waals surface area (Å²) in [5.74, 6) is -0.710. The molecule has 3 N–H and O–H groups in total. The highest BCUT2D eigenvalue weighted by Crippen LogP contribution is 2.33. The summed E-state index contributed by atoms with van der Waals surface area (Å²) < 4.78 is 24.4. The van der Waals surface area contributed by atoms with Crippen LogP contribution in [0.25, 0.3) is 0 Å². The number of nitrogen functional groups attached to an aromatic ring is 1. The van der Waals surface area contributed by atoms with E-state index in [1.54, 1.807) is 0 Å². The van der Waals surface area contributed by atoms with Crippen molar-refractivity contribution in [3.8, 4) is 5.75 Å². The molecule has 70 valence electrons. The topological polar surface area (TPSA) is 76.2 Å². The predicted molar refractivity (Wildman–Crippen MR) is 40.7 cm³/mol. The highest BCUT2D eigenvalue weighted by molar-refractivity contribution is 5.82. The van der Waals surface area contributed by atoms with Gasteiger partial charge in [-0.25, -0.2) is 13.8 Å². The van der Waals surface area contributed by atoms with Gasteiger partial charge in [-0.15, -0.1) is 0 Å². The Balaban J connectivity index is 3.38. The zero-order chi connectivity index (χ0) is 10.0. The molecule has 0 aliphatic heterocycles. The van der Waals surface area contributed by atoms with Crippen LogP contribution in [0.3, 0.4) is 0 Å². The molecule has 0 spiro atoms. The standard InChI is InChI=1S/C7H6F2N2O2/c8-7(9)5-4(13)1-11-3(2-12)6(5)10/h1-2,7,13H,10H2. The smallest absolute Gasteiger partial charge is 0.269 e. The van der Waals surface area contributed by atoms with E-state index in [2.05, 4.69) is 4.98 Å². The summed E-state index contributed by atoms with van der Waals surface area (Å²) in [4.78, 5) is 13.6. The molecule has 0 radical (unpaired) electrons. The number of anilines is 1. The van der Waals surface area contributed by atoms with Gasteiger partial charge in [-0.3, -0.25) is 4.79 Å². The van der Waals surface area contributed by atoms with Gasteiger partial charge in [0.1, 0.15) is 11.4 Å². The van der Waals surface area contributed by atoms with E-state index >= 15 is 0 Å². The minimum absolute atomic E-state index is 0.251. The normalized spacial score (nSPS) is 10.4.